The molecule has 0 heterocycles. The van der Waals surface area contributed by atoms with E-state index in [0.717, 1.165) is 54.0 Å². The fourth-order valence-electron chi connectivity index (χ4n) is 2.71. The Labute approximate surface area is 203 Å². The molecule has 0 saturated heterocycles. The molecule has 0 radical (unpaired) electrons. The van der Waals surface area contributed by atoms with Crippen LogP contribution in [0.1, 0.15) is 36.0 Å². The van der Waals surface area contributed by atoms with E-state index >= 15 is 0 Å². The molecule has 0 unspecified atom stereocenters. The summed E-state index contributed by atoms with van der Waals surface area (Å²) in [6, 6.07) is 14.1. The van der Waals surface area contributed by atoms with E-state index in [-0.39, 0.29) is 24.3 Å². The number of benzene rings is 2. The minimum atomic E-state index is -0.499. The van der Waals surface area contributed by atoms with Crippen LogP contribution in [0.15, 0.2) is 78.9 Å². The second-order valence-corrected chi connectivity index (χ2v) is 7.97. The molecule has 7 nitrogen and oxygen atoms in total. The van der Waals surface area contributed by atoms with Gasteiger partial charge in [-0.05, 0) is 79.6 Å². The zero-order valence-electron chi connectivity index (χ0n) is 18.9. The van der Waals surface area contributed by atoms with Gasteiger partial charge in [-0.2, -0.15) is 0 Å². The minimum absolute atomic E-state index is 0.0879. The molecule has 0 aliphatic rings. The van der Waals surface area contributed by atoms with E-state index in [1.807, 2.05) is 24.3 Å². The van der Waals surface area contributed by atoms with Crippen molar-refractivity contribution in [3.63, 3.8) is 0 Å². The van der Waals surface area contributed by atoms with E-state index in [0.29, 0.717) is 24.3 Å². The van der Waals surface area contributed by atoms with E-state index in [9.17, 15) is 14.4 Å². The molecular weight excluding hydrogens is 456 g/mol. The van der Waals surface area contributed by atoms with Gasteiger partial charge in [0, 0.05) is 23.0 Å². The van der Waals surface area contributed by atoms with Gasteiger partial charge in [-0.25, -0.2) is 4.79 Å². The van der Waals surface area contributed by atoms with Crippen LogP contribution in [0.5, 0.6) is 11.5 Å². The summed E-state index contributed by atoms with van der Waals surface area (Å²) in [5.41, 5.74) is 0.549. The van der Waals surface area contributed by atoms with Gasteiger partial charge in [-0.1, -0.05) is 13.2 Å². The highest BCUT2D eigenvalue weighted by atomic mass is 32.2. The molecule has 0 atom stereocenters. The summed E-state index contributed by atoms with van der Waals surface area (Å²) < 4.78 is 20.7. The molecule has 0 saturated carbocycles. The lowest BCUT2D eigenvalue weighted by Gasteiger charge is -2.08. The van der Waals surface area contributed by atoms with Gasteiger partial charge in [-0.15, -0.1) is 0 Å². The summed E-state index contributed by atoms with van der Waals surface area (Å²) in [5.74, 6) is 0.533. The first-order valence-electron chi connectivity index (χ1n) is 10.8. The molecule has 2 aromatic carbocycles. The van der Waals surface area contributed by atoms with Crippen molar-refractivity contribution in [1.82, 2.24) is 0 Å². The first-order valence-corrected chi connectivity index (χ1v) is 11.6. The van der Waals surface area contributed by atoms with Gasteiger partial charge in [0.15, 0.2) is 0 Å². The predicted molar refractivity (Wildman–Crippen MR) is 130 cm³/mol. The van der Waals surface area contributed by atoms with Crippen molar-refractivity contribution in [2.24, 2.45) is 0 Å². The Kier molecular flexibility index (Phi) is 12.1. The van der Waals surface area contributed by atoms with Crippen LogP contribution in [0.4, 0.5) is 0 Å². The second kappa shape index (κ2) is 15.3. The van der Waals surface area contributed by atoms with Crippen LogP contribution < -0.4 is 9.47 Å². The van der Waals surface area contributed by atoms with Crippen LogP contribution >= 0.6 is 11.8 Å². The van der Waals surface area contributed by atoms with Crippen LogP contribution in [0.25, 0.3) is 0 Å². The van der Waals surface area contributed by atoms with Gasteiger partial charge >= 0.3 is 11.9 Å². The third-order valence-electron chi connectivity index (χ3n) is 4.40. The molecular formula is C26H28O7S. The van der Waals surface area contributed by atoms with Crippen LogP contribution in [0.2, 0.25) is 0 Å². The lowest BCUT2D eigenvalue weighted by Crippen LogP contribution is -2.10. The van der Waals surface area contributed by atoms with Crippen LogP contribution in [-0.2, 0) is 19.1 Å². The SMILES string of the molecule is C=COC(=O)CCCCCOc1ccc(SC(=O)c2ccc(OCCOC(=O)C=C)cc2)cc1. The summed E-state index contributed by atoms with van der Waals surface area (Å²) in [6.45, 7) is 7.54. The largest absolute Gasteiger partial charge is 0.494 e. The van der Waals surface area contributed by atoms with E-state index in [1.54, 1.807) is 24.3 Å². The van der Waals surface area contributed by atoms with Crippen LogP contribution in [-0.4, -0.2) is 36.9 Å². The third-order valence-corrected chi connectivity index (χ3v) is 5.33. The average Bonchev–Trinajstić information content (AvgIpc) is 2.85. The Balaban J connectivity index is 1.68. The van der Waals surface area contributed by atoms with Crippen molar-refractivity contribution in [1.29, 1.82) is 0 Å². The number of unbranched alkanes of at least 4 members (excludes halogenated alkanes) is 2. The van der Waals surface area contributed by atoms with E-state index < -0.39 is 5.97 Å². The van der Waals surface area contributed by atoms with Gasteiger partial charge in [0.05, 0.1) is 12.9 Å². The van der Waals surface area contributed by atoms with E-state index in [1.165, 1.54) is 0 Å². The summed E-state index contributed by atoms with van der Waals surface area (Å²) in [6.07, 6.45) is 5.04. The molecule has 0 aliphatic heterocycles. The quantitative estimate of drug-likeness (QED) is 0.110. The molecule has 0 amide bonds. The van der Waals surface area contributed by atoms with Crippen molar-refractivity contribution in [2.45, 2.75) is 30.6 Å². The monoisotopic (exact) mass is 484 g/mol. The Morgan fingerprint density at radius 1 is 0.794 bits per heavy atom. The Morgan fingerprint density at radius 2 is 1.44 bits per heavy atom. The maximum Gasteiger partial charge on any atom is 0.330 e. The standard InChI is InChI=1S/C26H28O7S/c1-3-24(27)33-19-18-32-21-11-9-20(10-12-21)26(29)34-23-15-13-22(14-16-23)31-17-7-5-6-8-25(28)30-4-2/h3-4,9-16H,1-2,5-8,17-19H2. The topological polar surface area (TPSA) is 88.1 Å². The molecule has 0 aromatic heterocycles. The number of esters is 2. The van der Waals surface area contributed by atoms with Crippen molar-refractivity contribution in [3.8, 4) is 11.5 Å². The Morgan fingerprint density at radius 3 is 2.09 bits per heavy atom. The van der Waals surface area contributed by atoms with Crippen LogP contribution in [0, 0.1) is 0 Å². The zero-order chi connectivity index (χ0) is 24.6. The molecule has 0 aliphatic carbocycles. The first-order chi connectivity index (χ1) is 16.5. The van der Waals surface area contributed by atoms with E-state index in [2.05, 4.69) is 17.9 Å². The highest BCUT2D eigenvalue weighted by Crippen LogP contribution is 2.26. The van der Waals surface area contributed by atoms with Gasteiger partial charge in [0.2, 0.25) is 5.12 Å². The van der Waals surface area contributed by atoms with Gasteiger partial charge in [-0.3, -0.25) is 9.59 Å². The number of thioether (sulfide) groups is 1. The van der Waals surface area contributed by atoms with Crippen LogP contribution in [0.3, 0.4) is 0 Å². The molecule has 0 N–H and O–H groups in total. The van der Waals surface area contributed by atoms with Crippen molar-refractivity contribution < 1.29 is 33.3 Å². The number of hydrogen-bond acceptors (Lipinski definition) is 8. The summed E-state index contributed by atoms with van der Waals surface area (Å²) in [5, 5.41) is -0.0879. The fourth-order valence-corrected chi connectivity index (χ4v) is 3.45. The second-order valence-electron chi connectivity index (χ2n) is 6.92. The highest BCUT2D eigenvalue weighted by molar-refractivity contribution is 8.14. The number of hydrogen-bond donors (Lipinski definition) is 0. The number of rotatable bonds is 15. The zero-order valence-corrected chi connectivity index (χ0v) is 19.7. The Hall–Kier alpha value is -3.52. The predicted octanol–water partition coefficient (Wildman–Crippen LogP) is 5.35. The molecule has 2 rings (SSSR count). The summed E-state index contributed by atoms with van der Waals surface area (Å²) in [4.78, 5) is 35.5. The lowest BCUT2D eigenvalue weighted by molar-refractivity contribution is -0.139. The summed E-state index contributed by atoms with van der Waals surface area (Å²) in [7, 11) is 0. The summed E-state index contributed by atoms with van der Waals surface area (Å²) >= 11 is 1.13. The number of ether oxygens (including phenoxy) is 4. The fraction of sp³-hybridized carbons (Fsp3) is 0.269. The molecule has 8 heteroatoms. The number of carbonyl (C=O) groups is 3. The van der Waals surface area contributed by atoms with Crippen molar-refractivity contribution >= 4 is 28.8 Å². The van der Waals surface area contributed by atoms with Crippen molar-refractivity contribution in [2.75, 3.05) is 19.8 Å². The highest BCUT2D eigenvalue weighted by Gasteiger charge is 2.09. The molecule has 0 spiro atoms. The molecule has 34 heavy (non-hydrogen) atoms. The van der Waals surface area contributed by atoms with Gasteiger partial charge in [0.25, 0.3) is 0 Å². The normalized spacial score (nSPS) is 10.1. The molecule has 2 aromatic rings. The van der Waals surface area contributed by atoms with Crippen molar-refractivity contribution in [3.05, 3.63) is 79.6 Å². The number of carbonyl (C=O) groups excluding carboxylic acids is 3. The van der Waals surface area contributed by atoms with Gasteiger partial charge < -0.3 is 18.9 Å². The average molecular weight is 485 g/mol. The molecule has 0 fully saturated rings. The maximum atomic E-state index is 12.5. The first kappa shape index (κ1) is 26.7. The third kappa shape index (κ3) is 10.4. The molecule has 180 valence electrons. The minimum Gasteiger partial charge on any atom is -0.494 e. The lowest BCUT2D eigenvalue weighted by atomic mass is 10.2. The Bertz CT molecular complexity index is 952. The smallest absolute Gasteiger partial charge is 0.330 e. The maximum absolute atomic E-state index is 12.5. The van der Waals surface area contributed by atoms with Gasteiger partial charge in [0.1, 0.15) is 24.7 Å². The van der Waals surface area contributed by atoms with E-state index in [4.69, 9.17) is 14.2 Å². The molecule has 0 bridgehead atoms.